The Bertz CT molecular complexity index is 693. The van der Waals surface area contributed by atoms with Crippen LogP contribution in [0.25, 0.3) is 0 Å². The summed E-state index contributed by atoms with van der Waals surface area (Å²) in [6.45, 7) is 6.91. The van der Waals surface area contributed by atoms with Crippen LogP contribution in [0.4, 0.5) is 0 Å². The SMILES string of the molecule is CC(C)COc1cccc(C(=O)N(Cc2cccs2)CC2CCCO2)c1. The van der Waals surface area contributed by atoms with Gasteiger partial charge in [0.15, 0.2) is 0 Å². The van der Waals surface area contributed by atoms with E-state index in [1.807, 2.05) is 40.6 Å². The van der Waals surface area contributed by atoms with Crippen molar-refractivity contribution in [3.63, 3.8) is 0 Å². The van der Waals surface area contributed by atoms with Gasteiger partial charge in [0.2, 0.25) is 0 Å². The van der Waals surface area contributed by atoms with Crippen LogP contribution in [0.2, 0.25) is 0 Å². The number of thiophene rings is 1. The summed E-state index contributed by atoms with van der Waals surface area (Å²) >= 11 is 1.68. The van der Waals surface area contributed by atoms with Crippen LogP contribution >= 0.6 is 11.3 Å². The molecule has 5 heteroatoms. The Labute approximate surface area is 159 Å². The number of carbonyl (C=O) groups is 1. The molecule has 4 nitrogen and oxygen atoms in total. The fraction of sp³-hybridized carbons (Fsp3) is 0.476. The molecular weight excluding hydrogens is 346 g/mol. The fourth-order valence-corrected chi connectivity index (χ4v) is 3.73. The Hall–Kier alpha value is -1.85. The van der Waals surface area contributed by atoms with Crippen LogP contribution in [0.1, 0.15) is 41.9 Å². The number of ether oxygens (including phenoxy) is 2. The second kappa shape index (κ2) is 9.19. The first-order chi connectivity index (χ1) is 12.6. The van der Waals surface area contributed by atoms with Crippen molar-refractivity contribution in [3.8, 4) is 5.75 Å². The molecule has 0 bridgehead atoms. The monoisotopic (exact) mass is 373 g/mol. The third kappa shape index (κ3) is 5.32. The molecule has 1 amide bonds. The molecule has 1 fully saturated rings. The lowest BCUT2D eigenvalue weighted by atomic mass is 10.1. The zero-order valence-electron chi connectivity index (χ0n) is 15.5. The molecular formula is C21H27NO3S. The lowest BCUT2D eigenvalue weighted by Gasteiger charge is -2.25. The molecule has 0 aliphatic carbocycles. The van der Waals surface area contributed by atoms with Gasteiger partial charge in [-0.05, 0) is 48.4 Å². The summed E-state index contributed by atoms with van der Waals surface area (Å²) in [6, 6.07) is 11.6. The van der Waals surface area contributed by atoms with Crippen molar-refractivity contribution in [1.29, 1.82) is 0 Å². The zero-order valence-corrected chi connectivity index (χ0v) is 16.3. The molecule has 1 unspecified atom stereocenters. The molecule has 1 aliphatic rings. The molecule has 1 aliphatic heterocycles. The van der Waals surface area contributed by atoms with Gasteiger partial charge >= 0.3 is 0 Å². The first-order valence-electron chi connectivity index (χ1n) is 9.28. The second-order valence-corrected chi connectivity index (χ2v) is 8.16. The molecule has 2 heterocycles. The van der Waals surface area contributed by atoms with E-state index >= 15 is 0 Å². The van der Waals surface area contributed by atoms with Gasteiger partial charge in [-0.15, -0.1) is 11.3 Å². The number of rotatable bonds is 8. The third-order valence-corrected chi connectivity index (χ3v) is 5.19. The smallest absolute Gasteiger partial charge is 0.254 e. The average molecular weight is 374 g/mol. The topological polar surface area (TPSA) is 38.8 Å². The summed E-state index contributed by atoms with van der Waals surface area (Å²) < 4.78 is 11.5. The van der Waals surface area contributed by atoms with Crippen molar-refractivity contribution in [1.82, 2.24) is 4.90 Å². The molecule has 1 atom stereocenters. The van der Waals surface area contributed by atoms with Gasteiger partial charge in [-0.1, -0.05) is 26.0 Å². The molecule has 0 radical (unpaired) electrons. The Morgan fingerprint density at radius 3 is 2.92 bits per heavy atom. The largest absolute Gasteiger partial charge is 0.493 e. The van der Waals surface area contributed by atoms with Crippen LogP contribution in [0, 0.1) is 5.92 Å². The van der Waals surface area contributed by atoms with E-state index in [2.05, 4.69) is 19.9 Å². The van der Waals surface area contributed by atoms with E-state index in [1.54, 1.807) is 11.3 Å². The van der Waals surface area contributed by atoms with Crippen molar-refractivity contribution < 1.29 is 14.3 Å². The zero-order chi connectivity index (χ0) is 18.4. The van der Waals surface area contributed by atoms with E-state index in [0.29, 0.717) is 31.2 Å². The third-order valence-electron chi connectivity index (χ3n) is 4.33. The van der Waals surface area contributed by atoms with E-state index in [9.17, 15) is 4.79 Å². The van der Waals surface area contributed by atoms with E-state index < -0.39 is 0 Å². The van der Waals surface area contributed by atoms with E-state index in [4.69, 9.17) is 9.47 Å². The minimum absolute atomic E-state index is 0.0314. The number of amides is 1. The molecule has 0 saturated carbocycles. The van der Waals surface area contributed by atoms with Gasteiger partial charge in [0.1, 0.15) is 5.75 Å². The summed E-state index contributed by atoms with van der Waals surface area (Å²) in [7, 11) is 0. The highest BCUT2D eigenvalue weighted by atomic mass is 32.1. The molecule has 2 aromatic rings. The summed E-state index contributed by atoms with van der Waals surface area (Å²) in [5.74, 6) is 1.23. The van der Waals surface area contributed by atoms with Gasteiger partial charge in [-0.2, -0.15) is 0 Å². The highest BCUT2D eigenvalue weighted by molar-refractivity contribution is 7.09. The number of hydrogen-bond donors (Lipinski definition) is 0. The van der Waals surface area contributed by atoms with E-state index in [1.165, 1.54) is 4.88 Å². The Morgan fingerprint density at radius 1 is 1.35 bits per heavy atom. The molecule has 0 N–H and O–H groups in total. The number of nitrogens with zero attached hydrogens (tertiary/aromatic N) is 1. The maximum atomic E-state index is 13.2. The normalized spacial score (nSPS) is 16.8. The van der Waals surface area contributed by atoms with Crippen LogP contribution in [0.5, 0.6) is 5.75 Å². The van der Waals surface area contributed by atoms with Crippen molar-refractivity contribution in [2.24, 2.45) is 5.92 Å². The summed E-state index contributed by atoms with van der Waals surface area (Å²) in [6.07, 6.45) is 2.23. The van der Waals surface area contributed by atoms with Crippen LogP contribution in [0.15, 0.2) is 41.8 Å². The lowest BCUT2D eigenvalue weighted by molar-refractivity contribution is 0.0509. The van der Waals surface area contributed by atoms with Crippen LogP contribution in [0.3, 0.4) is 0 Å². The first-order valence-corrected chi connectivity index (χ1v) is 10.2. The minimum atomic E-state index is 0.0314. The fourth-order valence-electron chi connectivity index (χ4n) is 3.01. The molecule has 1 aromatic carbocycles. The molecule has 26 heavy (non-hydrogen) atoms. The van der Waals surface area contributed by atoms with Gasteiger partial charge in [0, 0.05) is 23.6 Å². The molecule has 1 saturated heterocycles. The second-order valence-electron chi connectivity index (χ2n) is 7.13. The van der Waals surface area contributed by atoms with Gasteiger partial charge in [-0.25, -0.2) is 0 Å². The minimum Gasteiger partial charge on any atom is -0.493 e. The summed E-state index contributed by atoms with van der Waals surface area (Å²) in [4.78, 5) is 16.3. The predicted octanol–water partition coefficient (Wildman–Crippen LogP) is 4.60. The number of hydrogen-bond acceptors (Lipinski definition) is 4. The van der Waals surface area contributed by atoms with Gasteiger partial charge in [0.05, 0.1) is 19.3 Å². The highest BCUT2D eigenvalue weighted by Gasteiger charge is 2.24. The van der Waals surface area contributed by atoms with Gasteiger partial charge in [0.25, 0.3) is 5.91 Å². The van der Waals surface area contributed by atoms with Crippen LogP contribution < -0.4 is 4.74 Å². The van der Waals surface area contributed by atoms with Gasteiger partial charge < -0.3 is 14.4 Å². The predicted molar refractivity (Wildman–Crippen MR) is 105 cm³/mol. The highest BCUT2D eigenvalue weighted by Crippen LogP contribution is 2.21. The molecule has 0 spiro atoms. The Balaban J connectivity index is 1.73. The van der Waals surface area contributed by atoms with Crippen molar-refractivity contribution in [2.75, 3.05) is 19.8 Å². The molecule has 140 valence electrons. The average Bonchev–Trinajstić information content (AvgIpc) is 3.33. The number of carbonyl (C=O) groups excluding carboxylic acids is 1. The molecule has 1 aromatic heterocycles. The lowest BCUT2D eigenvalue weighted by Crippen LogP contribution is -2.36. The Kier molecular flexibility index (Phi) is 6.69. The van der Waals surface area contributed by atoms with Crippen LogP contribution in [-0.2, 0) is 11.3 Å². The van der Waals surface area contributed by atoms with E-state index in [-0.39, 0.29) is 12.0 Å². The molecule has 3 rings (SSSR count). The standard InChI is InChI=1S/C21H27NO3S/c1-16(2)15-25-18-7-3-6-17(12-18)21(23)22(13-19-8-4-10-24-19)14-20-9-5-11-26-20/h3,5-7,9,11-12,16,19H,4,8,10,13-15H2,1-2H3. The van der Waals surface area contributed by atoms with Gasteiger partial charge in [-0.3, -0.25) is 4.79 Å². The number of benzene rings is 1. The summed E-state index contributed by atoms with van der Waals surface area (Å²) in [5.41, 5.74) is 0.667. The summed E-state index contributed by atoms with van der Waals surface area (Å²) in [5, 5.41) is 2.05. The van der Waals surface area contributed by atoms with Crippen molar-refractivity contribution in [3.05, 3.63) is 52.2 Å². The quantitative estimate of drug-likeness (QED) is 0.678. The van der Waals surface area contributed by atoms with Crippen molar-refractivity contribution in [2.45, 2.75) is 39.3 Å². The maximum absolute atomic E-state index is 13.2. The Morgan fingerprint density at radius 2 is 2.23 bits per heavy atom. The maximum Gasteiger partial charge on any atom is 0.254 e. The van der Waals surface area contributed by atoms with Crippen LogP contribution in [-0.4, -0.2) is 36.7 Å². The first kappa shape index (κ1) is 18.9. The van der Waals surface area contributed by atoms with E-state index in [0.717, 1.165) is 25.2 Å². The van der Waals surface area contributed by atoms with Crippen molar-refractivity contribution >= 4 is 17.2 Å².